The van der Waals surface area contributed by atoms with E-state index in [0.29, 0.717) is 17.6 Å². The molecular weight excluding hydrogens is 236 g/mol. The number of hydrogen-bond acceptors (Lipinski definition) is 3. The summed E-state index contributed by atoms with van der Waals surface area (Å²) in [6.45, 7) is 10.2. The predicted octanol–water partition coefficient (Wildman–Crippen LogP) is 2.65. The molecule has 1 N–H and O–H groups in total. The summed E-state index contributed by atoms with van der Waals surface area (Å²) in [5, 5.41) is 3.89. The van der Waals surface area contributed by atoms with Crippen LogP contribution in [0.1, 0.15) is 52.9 Å². The maximum absolute atomic E-state index is 5.40. The van der Waals surface area contributed by atoms with Gasteiger partial charge in [-0.2, -0.15) is 0 Å². The first-order valence-electron chi connectivity index (χ1n) is 8.06. The monoisotopic (exact) mass is 268 g/mol. The van der Waals surface area contributed by atoms with Crippen molar-refractivity contribution in [2.24, 2.45) is 5.92 Å². The van der Waals surface area contributed by atoms with Crippen molar-refractivity contribution in [1.29, 1.82) is 0 Å². The Hall–Kier alpha value is -0.120. The molecule has 112 valence electrons. The van der Waals surface area contributed by atoms with Gasteiger partial charge in [0, 0.05) is 37.8 Å². The third kappa shape index (κ3) is 3.71. The Labute approximate surface area is 119 Å². The largest absolute Gasteiger partial charge is 0.383 e. The molecule has 1 saturated carbocycles. The summed E-state index contributed by atoms with van der Waals surface area (Å²) in [4.78, 5) is 2.73. The number of nitrogens with zero attached hydrogens (tertiary/aromatic N) is 1. The quantitative estimate of drug-likeness (QED) is 0.829. The number of ether oxygens (including phenoxy) is 1. The Balaban J connectivity index is 2.04. The van der Waals surface area contributed by atoms with Gasteiger partial charge in [0.05, 0.1) is 6.61 Å². The highest BCUT2D eigenvalue weighted by Crippen LogP contribution is 2.34. The van der Waals surface area contributed by atoms with E-state index in [4.69, 9.17) is 4.74 Å². The van der Waals surface area contributed by atoms with E-state index in [2.05, 4.69) is 31.0 Å². The van der Waals surface area contributed by atoms with Crippen LogP contribution in [0.25, 0.3) is 0 Å². The minimum Gasteiger partial charge on any atom is -0.383 e. The van der Waals surface area contributed by atoms with E-state index in [9.17, 15) is 0 Å². The SMILES string of the molecule is COCC(C)N1CC2(CCCC2)NCC1CC(C)C. The Bertz CT molecular complexity index is 274. The zero-order chi connectivity index (χ0) is 13.9. The van der Waals surface area contributed by atoms with E-state index in [-0.39, 0.29) is 0 Å². The molecular formula is C16H32N2O. The summed E-state index contributed by atoms with van der Waals surface area (Å²) in [7, 11) is 1.82. The smallest absolute Gasteiger partial charge is 0.0615 e. The highest BCUT2D eigenvalue weighted by Gasteiger charge is 2.42. The number of hydrogen-bond donors (Lipinski definition) is 1. The van der Waals surface area contributed by atoms with Crippen LogP contribution in [-0.4, -0.2) is 49.3 Å². The van der Waals surface area contributed by atoms with Crippen molar-refractivity contribution >= 4 is 0 Å². The van der Waals surface area contributed by atoms with Crippen LogP contribution in [-0.2, 0) is 4.74 Å². The molecule has 2 unspecified atom stereocenters. The summed E-state index contributed by atoms with van der Waals surface area (Å²) in [6, 6.07) is 1.21. The fraction of sp³-hybridized carbons (Fsp3) is 1.00. The van der Waals surface area contributed by atoms with Gasteiger partial charge in [0.25, 0.3) is 0 Å². The maximum Gasteiger partial charge on any atom is 0.0615 e. The van der Waals surface area contributed by atoms with Crippen molar-refractivity contribution in [2.45, 2.75) is 70.5 Å². The zero-order valence-corrected chi connectivity index (χ0v) is 13.2. The first-order valence-corrected chi connectivity index (χ1v) is 8.06. The topological polar surface area (TPSA) is 24.5 Å². The second-order valence-corrected chi connectivity index (χ2v) is 7.13. The summed E-state index contributed by atoms with van der Waals surface area (Å²) in [6.07, 6.45) is 6.80. The Kier molecular flexibility index (Phi) is 5.27. The lowest BCUT2D eigenvalue weighted by Gasteiger charge is -2.49. The molecule has 19 heavy (non-hydrogen) atoms. The average molecular weight is 268 g/mol. The van der Waals surface area contributed by atoms with Gasteiger partial charge in [0.1, 0.15) is 0 Å². The molecule has 2 fully saturated rings. The van der Waals surface area contributed by atoms with Crippen molar-refractivity contribution in [3.05, 3.63) is 0 Å². The molecule has 1 aliphatic heterocycles. The molecule has 0 aromatic heterocycles. The number of piperazine rings is 1. The van der Waals surface area contributed by atoms with Crippen LogP contribution in [0.15, 0.2) is 0 Å². The minimum absolute atomic E-state index is 0.412. The molecule has 0 amide bonds. The third-order valence-corrected chi connectivity index (χ3v) is 4.95. The second kappa shape index (κ2) is 6.55. The lowest BCUT2D eigenvalue weighted by molar-refractivity contribution is 0.00898. The van der Waals surface area contributed by atoms with Crippen LogP contribution < -0.4 is 5.32 Å². The van der Waals surface area contributed by atoms with Gasteiger partial charge in [-0.25, -0.2) is 0 Å². The Morgan fingerprint density at radius 1 is 1.26 bits per heavy atom. The minimum atomic E-state index is 0.412. The molecule has 0 radical (unpaired) electrons. The number of nitrogens with one attached hydrogen (secondary N) is 1. The third-order valence-electron chi connectivity index (χ3n) is 4.95. The van der Waals surface area contributed by atoms with E-state index in [0.717, 1.165) is 19.1 Å². The molecule has 2 aliphatic rings. The van der Waals surface area contributed by atoms with Crippen LogP contribution in [0.5, 0.6) is 0 Å². The van der Waals surface area contributed by atoms with E-state index >= 15 is 0 Å². The number of methoxy groups -OCH3 is 1. The van der Waals surface area contributed by atoms with E-state index < -0.39 is 0 Å². The first-order chi connectivity index (χ1) is 9.06. The normalized spacial score (nSPS) is 29.2. The van der Waals surface area contributed by atoms with Gasteiger partial charge in [0.2, 0.25) is 0 Å². The average Bonchev–Trinajstić information content (AvgIpc) is 2.80. The molecule has 0 aromatic rings. The fourth-order valence-corrected chi connectivity index (χ4v) is 3.99. The van der Waals surface area contributed by atoms with Crippen molar-refractivity contribution in [2.75, 3.05) is 26.8 Å². The highest BCUT2D eigenvalue weighted by atomic mass is 16.5. The van der Waals surface area contributed by atoms with Gasteiger partial charge in [-0.05, 0) is 32.1 Å². The molecule has 2 rings (SSSR count). The maximum atomic E-state index is 5.40. The van der Waals surface area contributed by atoms with Crippen LogP contribution in [0, 0.1) is 5.92 Å². The fourth-order valence-electron chi connectivity index (χ4n) is 3.99. The van der Waals surface area contributed by atoms with Gasteiger partial charge in [-0.1, -0.05) is 26.7 Å². The van der Waals surface area contributed by atoms with Gasteiger partial charge in [-0.3, -0.25) is 4.90 Å². The van der Waals surface area contributed by atoms with Crippen molar-refractivity contribution in [3.8, 4) is 0 Å². The Morgan fingerprint density at radius 2 is 1.95 bits per heavy atom. The summed E-state index contributed by atoms with van der Waals surface area (Å²) < 4.78 is 5.40. The molecule has 1 spiro atoms. The van der Waals surface area contributed by atoms with Gasteiger partial charge < -0.3 is 10.1 Å². The van der Waals surface area contributed by atoms with Gasteiger partial charge in [-0.15, -0.1) is 0 Å². The van der Waals surface area contributed by atoms with Crippen molar-refractivity contribution in [1.82, 2.24) is 10.2 Å². The van der Waals surface area contributed by atoms with Crippen molar-refractivity contribution < 1.29 is 4.74 Å². The van der Waals surface area contributed by atoms with Crippen LogP contribution >= 0.6 is 0 Å². The standard InChI is InChI=1S/C16H32N2O/c1-13(2)9-15-10-17-16(7-5-6-8-16)12-18(15)14(3)11-19-4/h13-15,17H,5-12H2,1-4H3. The lowest BCUT2D eigenvalue weighted by atomic mass is 9.89. The molecule has 2 atom stereocenters. The van der Waals surface area contributed by atoms with Gasteiger partial charge in [0.15, 0.2) is 0 Å². The van der Waals surface area contributed by atoms with Crippen LogP contribution in [0.2, 0.25) is 0 Å². The molecule has 3 heteroatoms. The summed E-state index contributed by atoms with van der Waals surface area (Å²) in [5.41, 5.74) is 0.412. The molecule has 3 nitrogen and oxygen atoms in total. The predicted molar refractivity (Wildman–Crippen MR) is 80.5 cm³/mol. The van der Waals surface area contributed by atoms with Crippen LogP contribution in [0.4, 0.5) is 0 Å². The first kappa shape index (κ1) is 15.3. The highest BCUT2D eigenvalue weighted by molar-refractivity contribution is 5.02. The summed E-state index contributed by atoms with van der Waals surface area (Å²) in [5.74, 6) is 0.765. The van der Waals surface area contributed by atoms with Gasteiger partial charge >= 0.3 is 0 Å². The molecule has 1 heterocycles. The van der Waals surface area contributed by atoms with E-state index in [1.54, 1.807) is 0 Å². The zero-order valence-electron chi connectivity index (χ0n) is 13.2. The van der Waals surface area contributed by atoms with Crippen LogP contribution in [0.3, 0.4) is 0 Å². The molecule has 0 bridgehead atoms. The van der Waals surface area contributed by atoms with E-state index in [1.807, 2.05) is 7.11 Å². The van der Waals surface area contributed by atoms with E-state index in [1.165, 1.54) is 38.6 Å². The number of rotatable bonds is 5. The molecule has 1 aliphatic carbocycles. The summed E-state index contributed by atoms with van der Waals surface area (Å²) >= 11 is 0. The van der Waals surface area contributed by atoms with Crippen molar-refractivity contribution in [3.63, 3.8) is 0 Å². The molecule has 1 saturated heterocycles. The lowest BCUT2D eigenvalue weighted by Crippen LogP contribution is -2.65. The second-order valence-electron chi connectivity index (χ2n) is 7.13. The molecule has 0 aromatic carbocycles. The Morgan fingerprint density at radius 3 is 2.53 bits per heavy atom.